The van der Waals surface area contributed by atoms with Crippen LogP contribution in [0.2, 0.25) is 0 Å². The van der Waals surface area contributed by atoms with Crippen LogP contribution >= 0.6 is 0 Å². The molecule has 0 saturated heterocycles. The number of benzene rings is 1. The van der Waals surface area contributed by atoms with Crippen molar-refractivity contribution < 1.29 is 13.9 Å². The molecule has 0 fully saturated rings. The molecule has 0 aromatic heterocycles. The van der Waals surface area contributed by atoms with Gasteiger partial charge in [-0.2, -0.15) is 0 Å². The summed E-state index contributed by atoms with van der Waals surface area (Å²) in [7, 11) is 0. The number of primary amides is 1. The molecule has 3 nitrogen and oxygen atoms in total. The van der Waals surface area contributed by atoms with Gasteiger partial charge in [0.1, 0.15) is 11.9 Å². The predicted molar refractivity (Wildman–Crippen MR) is 45.5 cm³/mol. The van der Waals surface area contributed by atoms with Crippen molar-refractivity contribution >= 4 is 6.09 Å². The van der Waals surface area contributed by atoms with Gasteiger partial charge in [-0.3, -0.25) is 0 Å². The summed E-state index contributed by atoms with van der Waals surface area (Å²) in [6, 6.07) is 6.08. The van der Waals surface area contributed by atoms with Gasteiger partial charge < -0.3 is 10.5 Å². The zero-order valence-electron chi connectivity index (χ0n) is 7.16. The molecule has 13 heavy (non-hydrogen) atoms. The highest BCUT2D eigenvalue weighted by Gasteiger charge is 2.12. The number of carbonyl (C=O) groups is 1. The number of amides is 1. The fraction of sp³-hybridized carbons (Fsp3) is 0.222. The van der Waals surface area contributed by atoms with Crippen molar-refractivity contribution in [2.45, 2.75) is 13.0 Å². The molecule has 0 radical (unpaired) electrons. The Bertz CT molecular complexity index is 314. The van der Waals surface area contributed by atoms with Gasteiger partial charge in [0.2, 0.25) is 0 Å². The Hall–Kier alpha value is -1.58. The van der Waals surface area contributed by atoms with Gasteiger partial charge in [-0.05, 0) is 13.0 Å². The summed E-state index contributed by atoms with van der Waals surface area (Å²) in [6.07, 6.45) is -1.56. The Labute approximate surface area is 75.3 Å². The van der Waals surface area contributed by atoms with Gasteiger partial charge in [0.05, 0.1) is 0 Å². The van der Waals surface area contributed by atoms with Crippen LogP contribution < -0.4 is 5.73 Å². The fourth-order valence-corrected chi connectivity index (χ4v) is 1.04. The fourth-order valence-electron chi connectivity index (χ4n) is 1.04. The molecule has 0 heterocycles. The van der Waals surface area contributed by atoms with Crippen molar-refractivity contribution in [3.05, 3.63) is 35.6 Å². The van der Waals surface area contributed by atoms with E-state index in [-0.39, 0.29) is 0 Å². The molecule has 1 aromatic carbocycles. The van der Waals surface area contributed by atoms with E-state index in [0.717, 1.165) is 0 Å². The van der Waals surface area contributed by atoms with E-state index in [1.54, 1.807) is 25.1 Å². The molecule has 70 valence electrons. The molecule has 0 aliphatic rings. The Morgan fingerprint density at radius 1 is 1.54 bits per heavy atom. The van der Waals surface area contributed by atoms with Gasteiger partial charge in [-0.25, -0.2) is 9.18 Å². The highest BCUT2D eigenvalue weighted by molar-refractivity contribution is 5.65. The van der Waals surface area contributed by atoms with Gasteiger partial charge in [0, 0.05) is 5.56 Å². The van der Waals surface area contributed by atoms with Gasteiger partial charge in [-0.15, -0.1) is 0 Å². The van der Waals surface area contributed by atoms with Crippen LogP contribution in [0.5, 0.6) is 0 Å². The van der Waals surface area contributed by atoms with Crippen LogP contribution in [0.4, 0.5) is 9.18 Å². The largest absolute Gasteiger partial charge is 0.442 e. The predicted octanol–water partition coefficient (Wildman–Crippen LogP) is 1.98. The normalized spacial score (nSPS) is 12.2. The molecule has 0 aliphatic carbocycles. The maximum atomic E-state index is 13.1. The molecule has 0 saturated carbocycles. The van der Waals surface area contributed by atoms with Crippen molar-refractivity contribution in [3.8, 4) is 0 Å². The Morgan fingerprint density at radius 2 is 2.15 bits per heavy atom. The minimum absolute atomic E-state index is 0.321. The summed E-state index contributed by atoms with van der Waals surface area (Å²) in [5.74, 6) is -0.406. The number of rotatable bonds is 2. The van der Waals surface area contributed by atoms with E-state index >= 15 is 0 Å². The van der Waals surface area contributed by atoms with E-state index in [1.807, 2.05) is 0 Å². The SMILES string of the molecule is CC(OC(N)=O)c1ccccc1F. The van der Waals surface area contributed by atoms with Crippen molar-refractivity contribution in [2.75, 3.05) is 0 Å². The third-order valence-electron chi connectivity index (χ3n) is 1.64. The van der Waals surface area contributed by atoms with E-state index in [1.165, 1.54) is 6.07 Å². The lowest BCUT2D eigenvalue weighted by atomic mass is 10.1. The third-order valence-corrected chi connectivity index (χ3v) is 1.64. The molecule has 2 N–H and O–H groups in total. The standard InChI is InChI=1S/C9H10FNO2/c1-6(13-9(11)12)7-4-2-3-5-8(7)10/h2-6H,1H3,(H2,11,12). The van der Waals surface area contributed by atoms with Crippen LogP contribution in [-0.4, -0.2) is 6.09 Å². The lowest BCUT2D eigenvalue weighted by molar-refractivity contribution is 0.114. The number of halogens is 1. The van der Waals surface area contributed by atoms with Gasteiger partial charge in [-0.1, -0.05) is 18.2 Å². The zero-order chi connectivity index (χ0) is 9.84. The minimum atomic E-state index is -0.907. The Balaban J connectivity index is 2.82. The van der Waals surface area contributed by atoms with Crippen LogP contribution in [0, 0.1) is 5.82 Å². The van der Waals surface area contributed by atoms with Crippen molar-refractivity contribution in [2.24, 2.45) is 5.73 Å². The van der Waals surface area contributed by atoms with Gasteiger partial charge in [0.25, 0.3) is 0 Å². The second-order valence-electron chi connectivity index (χ2n) is 2.60. The number of ether oxygens (including phenoxy) is 1. The maximum absolute atomic E-state index is 13.1. The Morgan fingerprint density at radius 3 is 2.69 bits per heavy atom. The second-order valence-corrected chi connectivity index (χ2v) is 2.60. The van der Waals surface area contributed by atoms with Crippen molar-refractivity contribution in [1.82, 2.24) is 0 Å². The van der Waals surface area contributed by atoms with Gasteiger partial charge in [0.15, 0.2) is 0 Å². The molecular weight excluding hydrogens is 173 g/mol. The van der Waals surface area contributed by atoms with E-state index in [9.17, 15) is 9.18 Å². The van der Waals surface area contributed by atoms with Gasteiger partial charge >= 0.3 is 6.09 Å². The van der Waals surface area contributed by atoms with Crippen molar-refractivity contribution in [3.63, 3.8) is 0 Å². The number of carbonyl (C=O) groups excluding carboxylic acids is 1. The van der Waals surface area contributed by atoms with E-state index < -0.39 is 18.0 Å². The molecule has 1 aromatic rings. The van der Waals surface area contributed by atoms with Crippen LogP contribution in [0.25, 0.3) is 0 Å². The molecular formula is C9H10FNO2. The summed E-state index contributed by atoms with van der Waals surface area (Å²) < 4.78 is 17.7. The number of nitrogens with two attached hydrogens (primary N) is 1. The van der Waals surface area contributed by atoms with E-state index in [0.29, 0.717) is 5.56 Å². The average Bonchev–Trinajstić information content (AvgIpc) is 2.03. The quantitative estimate of drug-likeness (QED) is 0.762. The summed E-state index contributed by atoms with van der Waals surface area (Å²) in [5, 5.41) is 0. The topological polar surface area (TPSA) is 52.3 Å². The molecule has 0 spiro atoms. The van der Waals surface area contributed by atoms with Crippen LogP contribution in [-0.2, 0) is 4.74 Å². The average molecular weight is 183 g/mol. The monoisotopic (exact) mass is 183 g/mol. The van der Waals surface area contributed by atoms with Crippen LogP contribution in [0.1, 0.15) is 18.6 Å². The summed E-state index contributed by atoms with van der Waals surface area (Å²) in [4.78, 5) is 10.4. The van der Waals surface area contributed by atoms with E-state index in [2.05, 4.69) is 4.74 Å². The van der Waals surface area contributed by atoms with E-state index in [4.69, 9.17) is 5.73 Å². The number of hydrogen-bond donors (Lipinski definition) is 1. The smallest absolute Gasteiger partial charge is 0.405 e. The minimum Gasteiger partial charge on any atom is -0.442 e. The highest BCUT2D eigenvalue weighted by atomic mass is 19.1. The summed E-state index contributed by atoms with van der Waals surface area (Å²) in [6.45, 7) is 1.56. The molecule has 1 rings (SSSR count). The first-order valence-corrected chi connectivity index (χ1v) is 3.81. The first-order chi connectivity index (χ1) is 6.11. The highest BCUT2D eigenvalue weighted by Crippen LogP contribution is 2.19. The molecule has 0 aliphatic heterocycles. The molecule has 0 bridgehead atoms. The first kappa shape index (κ1) is 9.51. The molecule has 1 unspecified atom stereocenters. The lowest BCUT2D eigenvalue weighted by Crippen LogP contribution is -2.16. The summed E-state index contributed by atoms with van der Waals surface area (Å²) >= 11 is 0. The molecule has 4 heteroatoms. The zero-order valence-corrected chi connectivity index (χ0v) is 7.16. The van der Waals surface area contributed by atoms with Crippen molar-refractivity contribution in [1.29, 1.82) is 0 Å². The lowest BCUT2D eigenvalue weighted by Gasteiger charge is -2.11. The first-order valence-electron chi connectivity index (χ1n) is 3.81. The Kier molecular flexibility index (Phi) is 2.84. The molecule has 1 atom stereocenters. The maximum Gasteiger partial charge on any atom is 0.405 e. The van der Waals surface area contributed by atoms with Crippen LogP contribution in [0.15, 0.2) is 24.3 Å². The second kappa shape index (κ2) is 3.89. The van der Waals surface area contributed by atoms with Crippen LogP contribution in [0.3, 0.4) is 0 Å². The summed E-state index contributed by atoms with van der Waals surface area (Å²) in [5.41, 5.74) is 5.12. The third kappa shape index (κ3) is 2.43. The number of hydrogen-bond acceptors (Lipinski definition) is 2. The molecule has 1 amide bonds.